The third-order valence-corrected chi connectivity index (χ3v) is 2.55. The van der Waals surface area contributed by atoms with E-state index < -0.39 is 0 Å². The summed E-state index contributed by atoms with van der Waals surface area (Å²) < 4.78 is 0. The molecule has 0 aliphatic heterocycles. The maximum Gasteiger partial charge on any atom is 0.155 e. The van der Waals surface area contributed by atoms with Crippen molar-refractivity contribution in [1.82, 2.24) is 0 Å². The summed E-state index contributed by atoms with van der Waals surface area (Å²) in [6, 6.07) is 0. The molecule has 0 aromatic rings. The van der Waals surface area contributed by atoms with Crippen LogP contribution < -0.4 is 0 Å². The van der Waals surface area contributed by atoms with Crippen LogP contribution in [0.3, 0.4) is 0 Å². The molecule has 0 aromatic heterocycles. The Morgan fingerprint density at radius 1 is 0.933 bits per heavy atom. The van der Waals surface area contributed by atoms with Gasteiger partial charge in [0.05, 0.1) is 0 Å². The monoisotopic (exact) mass is 210 g/mol. The molecule has 0 unspecified atom stereocenters. The van der Waals surface area contributed by atoms with Crippen molar-refractivity contribution in [3.05, 3.63) is 12.2 Å². The number of rotatable bonds is 10. The molecular formula is C14H26O. The average Bonchev–Trinajstić information content (AvgIpc) is 2.24. The number of hydrogen-bond donors (Lipinski definition) is 0. The van der Waals surface area contributed by atoms with Crippen LogP contribution in [0.2, 0.25) is 0 Å². The molecule has 15 heavy (non-hydrogen) atoms. The first-order chi connectivity index (χ1) is 7.31. The summed E-state index contributed by atoms with van der Waals surface area (Å²) in [5.41, 5.74) is 0. The minimum atomic E-state index is 0.308. The van der Waals surface area contributed by atoms with E-state index >= 15 is 0 Å². The van der Waals surface area contributed by atoms with E-state index in [9.17, 15) is 4.79 Å². The van der Waals surface area contributed by atoms with Gasteiger partial charge in [0.1, 0.15) is 0 Å². The van der Waals surface area contributed by atoms with E-state index in [1.54, 1.807) is 6.08 Å². The quantitative estimate of drug-likeness (QED) is 0.378. The van der Waals surface area contributed by atoms with Crippen LogP contribution in [-0.4, -0.2) is 5.78 Å². The molecule has 0 bridgehead atoms. The third kappa shape index (κ3) is 11.3. The maximum absolute atomic E-state index is 11.4. The normalized spacial score (nSPS) is 11.1. The third-order valence-electron chi connectivity index (χ3n) is 2.55. The number of unbranched alkanes of at least 4 members (excludes halogenated alkanes) is 6. The second-order valence-corrected chi connectivity index (χ2v) is 4.18. The highest BCUT2D eigenvalue weighted by atomic mass is 16.1. The molecule has 0 aromatic carbocycles. The molecule has 0 fully saturated rings. The molecule has 0 spiro atoms. The second kappa shape index (κ2) is 11.5. The maximum atomic E-state index is 11.4. The lowest BCUT2D eigenvalue weighted by Crippen LogP contribution is -1.92. The summed E-state index contributed by atoms with van der Waals surface area (Å²) in [5.74, 6) is 0.308. The van der Waals surface area contributed by atoms with Gasteiger partial charge in [-0.3, -0.25) is 4.79 Å². The van der Waals surface area contributed by atoms with E-state index in [1.165, 1.54) is 38.5 Å². The number of ketones is 1. The summed E-state index contributed by atoms with van der Waals surface area (Å²) in [4.78, 5) is 11.4. The van der Waals surface area contributed by atoms with E-state index in [0.29, 0.717) is 5.78 Å². The number of carbonyl (C=O) groups excluding carboxylic acids is 1. The molecule has 0 radical (unpaired) electrons. The first-order valence-electron chi connectivity index (χ1n) is 6.50. The zero-order valence-corrected chi connectivity index (χ0v) is 10.4. The lowest BCUT2D eigenvalue weighted by molar-refractivity contribution is -0.114. The summed E-state index contributed by atoms with van der Waals surface area (Å²) >= 11 is 0. The second-order valence-electron chi connectivity index (χ2n) is 4.18. The Morgan fingerprint density at radius 3 is 2.27 bits per heavy atom. The molecule has 0 heterocycles. The van der Waals surface area contributed by atoms with Crippen LogP contribution in [0, 0.1) is 0 Å². The van der Waals surface area contributed by atoms with Crippen molar-refractivity contribution in [2.75, 3.05) is 0 Å². The fraction of sp³-hybridized carbons (Fsp3) is 0.786. The summed E-state index contributed by atoms with van der Waals surface area (Å²) in [5, 5.41) is 0. The molecule has 0 aliphatic carbocycles. The minimum Gasteiger partial charge on any atom is -0.295 e. The van der Waals surface area contributed by atoms with Crippen LogP contribution in [0.4, 0.5) is 0 Å². The first kappa shape index (κ1) is 14.4. The van der Waals surface area contributed by atoms with Crippen LogP contribution >= 0.6 is 0 Å². The van der Waals surface area contributed by atoms with Crippen LogP contribution in [-0.2, 0) is 4.79 Å². The topological polar surface area (TPSA) is 17.1 Å². The van der Waals surface area contributed by atoms with E-state index in [4.69, 9.17) is 0 Å². The van der Waals surface area contributed by atoms with Gasteiger partial charge in [0.25, 0.3) is 0 Å². The Kier molecular flexibility index (Phi) is 11.0. The van der Waals surface area contributed by atoms with E-state index in [1.807, 2.05) is 6.08 Å². The number of hydrogen-bond acceptors (Lipinski definition) is 1. The highest BCUT2D eigenvalue weighted by molar-refractivity contribution is 5.89. The van der Waals surface area contributed by atoms with Crippen LogP contribution in [0.15, 0.2) is 12.2 Å². The van der Waals surface area contributed by atoms with E-state index in [2.05, 4.69) is 13.8 Å². The lowest BCUT2D eigenvalue weighted by atomic mass is 10.1. The Balaban J connectivity index is 3.29. The minimum absolute atomic E-state index is 0.308. The molecule has 0 saturated heterocycles. The highest BCUT2D eigenvalue weighted by Gasteiger charge is 1.96. The first-order valence-corrected chi connectivity index (χ1v) is 6.50. The fourth-order valence-corrected chi connectivity index (χ4v) is 1.52. The van der Waals surface area contributed by atoms with Gasteiger partial charge in [-0.15, -0.1) is 0 Å². The summed E-state index contributed by atoms with van der Waals surface area (Å²) in [7, 11) is 0. The van der Waals surface area contributed by atoms with Gasteiger partial charge in [-0.25, -0.2) is 0 Å². The van der Waals surface area contributed by atoms with Crippen LogP contribution in [0.1, 0.15) is 71.6 Å². The van der Waals surface area contributed by atoms with Crippen molar-refractivity contribution in [1.29, 1.82) is 0 Å². The molecule has 0 rings (SSSR count). The van der Waals surface area contributed by atoms with Crippen molar-refractivity contribution in [2.24, 2.45) is 0 Å². The molecule has 0 saturated carbocycles. The molecule has 0 amide bonds. The van der Waals surface area contributed by atoms with Gasteiger partial charge in [-0.05, 0) is 18.9 Å². The molecule has 0 aliphatic rings. The van der Waals surface area contributed by atoms with Gasteiger partial charge in [-0.1, -0.05) is 58.4 Å². The predicted octanol–water partition coefficient (Wildman–Crippen LogP) is 4.66. The number of carbonyl (C=O) groups is 1. The Hall–Kier alpha value is -0.590. The highest BCUT2D eigenvalue weighted by Crippen LogP contribution is 2.06. The smallest absolute Gasteiger partial charge is 0.155 e. The van der Waals surface area contributed by atoms with Gasteiger partial charge in [-0.2, -0.15) is 0 Å². The Morgan fingerprint density at radius 2 is 1.60 bits per heavy atom. The molecule has 0 N–H and O–H groups in total. The largest absolute Gasteiger partial charge is 0.295 e. The zero-order valence-electron chi connectivity index (χ0n) is 10.4. The van der Waals surface area contributed by atoms with E-state index in [-0.39, 0.29) is 0 Å². The molecule has 88 valence electrons. The average molecular weight is 210 g/mol. The van der Waals surface area contributed by atoms with Gasteiger partial charge in [0.2, 0.25) is 0 Å². The zero-order chi connectivity index (χ0) is 11.4. The number of allylic oxidation sites excluding steroid dienone is 2. The van der Waals surface area contributed by atoms with Crippen molar-refractivity contribution in [2.45, 2.75) is 71.6 Å². The van der Waals surface area contributed by atoms with Crippen LogP contribution in [0.5, 0.6) is 0 Å². The lowest BCUT2D eigenvalue weighted by Gasteiger charge is -1.97. The molecule has 0 atom stereocenters. The van der Waals surface area contributed by atoms with Gasteiger partial charge >= 0.3 is 0 Å². The summed E-state index contributed by atoms with van der Waals surface area (Å²) in [6.45, 7) is 4.38. The Labute approximate surface area is 95.0 Å². The van der Waals surface area contributed by atoms with E-state index in [0.717, 1.165) is 19.3 Å². The predicted molar refractivity (Wildman–Crippen MR) is 67.0 cm³/mol. The van der Waals surface area contributed by atoms with Crippen molar-refractivity contribution < 1.29 is 4.79 Å². The van der Waals surface area contributed by atoms with Gasteiger partial charge in [0, 0.05) is 6.42 Å². The van der Waals surface area contributed by atoms with Crippen molar-refractivity contribution in [3.8, 4) is 0 Å². The van der Waals surface area contributed by atoms with Gasteiger partial charge in [0.15, 0.2) is 5.78 Å². The van der Waals surface area contributed by atoms with Gasteiger partial charge < -0.3 is 0 Å². The Bertz CT molecular complexity index is 170. The SMILES string of the molecule is CCCC/C=C/C(=O)CCCCCCC. The fourth-order valence-electron chi connectivity index (χ4n) is 1.52. The standard InChI is InChI=1S/C14H26O/c1-3-5-7-9-11-13-14(15)12-10-8-6-4-2/h10,12H,3-9,11,13H2,1-2H3/b12-10+. The molecule has 1 nitrogen and oxygen atoms in total. The van der Waals surface area contributed by atoms with Crippen molar-refractivity contribution >= 4 is 5.78 Å². The summed E-state index contributed by atoms with van der Waals surface area (Å²) in [6.07, 6.45) is 14.1. The van der Waals surface area contributed by atoms with Crippen molar-refractivity contribution in [3.63, 3.8) is 0 Å². The molecule has 1 heteroatoms. The van der Waals surface area contributed by atoms with Crippen LogP contribution in [0.25, 0.3) is 0 Å². The molecular weight excluding hydrogens is 184 g/mol.